The van der Waals surface area contributed by atoms with Gasteiger partial charge in [0.2, 0.25) is 17.7 Å². The molecule has 4 aromatic carbocycles. The summed E-state index contributed by atoms with van der Waals surface area (Å²) in [4.78, 5) is 61.5. The minimum absolute atomic E-state index is 0.0120. The third kappa shape index (κ3) is 6.96. The minimum atomic E-state index is -1.47. The molecule has 11 nitrogen and oxygen atoms in total. The predicted octanol–water partition coefficient (Wildman–Crippen LogP) is 7.28. The van der Waals surface area contributed by atoms with E-state index in [4.69, 9.17) is 9.47 Å². The number of fused-ring (bicyclic) bond motifs is 2. The van der Waals surface area contributed by atoms with Gasteiger partial charge in [-0.25, -0.2) is 9.18 Å². The van der Waals surface area contributed by atoms with Crippen molar-refractivity contribution in [1.82, 2.24) is 9.78 Å². The van der Waals surface area contributed by atoms with Crippen LogP contribution in [0.4, 0.5) is 31.9 Å². The van der Waals surface area contributed by atoms with Crippen LogP contribution in [0.1, 0.15) is 40.3 Å². The number of benzene rings is 4. The molecule has 0 N–H and O–H groups in total. The number of carbonyl (C=O) groups is 4. The van der Waals surface area contributed by atoms with Crippen LogP contribution in [0.2, 0.25) is 0 Å². The Morgan fingerprint density at radius 2 is 1.52 bits per heavy atom. The van der Waals surface area contributed by atoms with E-state index in [1.165, 1.54) is 28.0 Å². The molecule has 6 rings (SSSR count). The fraction of sp³-hybridized carbons (Fsp3) is 0.275. The fourth-order valence-electron chi connectivity index (χ4n) is 6.41. The van der Waals surface area contributed by atoms with Gasteiger partial charge < -0.3 is 19.3 Å². The van der Waals surface area contributed by atoms with Gasteiger partial charge in [-0.1, -0.05) is 36.4 Å². The number of anilines is 4. The molecular weight excluding hydrogens is 665 g/mol. The van der Waals surface area contributed by atoms with E-state index in [-0.39, 0.29) is 29.1 Å². The van der Waals surface area contributed by atoms with E-state index in [1.807, 2.05) is 19.9 Å². The lowest BCUT2D eigenvalue weighted by molar-refractivity contribution is -0.132. The number of halogens is 1. The second-order valence-electron chi connectivity index (χ2n) is 13.7. The topological polar surface area (TPSA) is 114 Å². The number of hydrogen-bond donors (Lipinski definition) is 0. The molecule has 0 saturated carbocycles. The Hall–Kier alpha value is -6.04. The van der Waals surface area contributed by atoms with Crippen molar-refractivity contribution in [2.45, 2.75) is 52.7 Å². The standard InChI is InChI=1S/C40H40FN5O6/c1-25(2)44(27-19-21-28(51-6)22-20-27)35(47)24-43-32-16-10-11-17-33(32)45(26-13-8-7-9-14-26)38(49)29(37(43)48)23-31-36-30(41)15-12-18-34(36)46(42-31)39(50)52-40(3,4)5/h7-22,25,29H,23-24H2,1-6H3. The first kappa shape index (κ1) is 35.8. The number of rotatable bonds is 8. The Kier molecular flexibility index (Phi) is 9.83. The van der Waals surface area contributed by atoms with Gasteiger partial charge >= 0.3 is 6.09 Å². The average Bonchev–Trinajstić information content (AvgIpc) is 3.46. The number of para-hydroxylation sites is 3. The van der Waals surface area contributed by atoms with Crippen molar-refractivity contribution < 1.29 is 33.0 Å². The molecule has 1 unspecified atom stereocenters. The SMILES string of the molecule is COc1ccc(N(C(=O)CN2C(=O)C(Cc3nn(C(=O)OC(C)(C)C)c4cccc(F)c34)C(=O)N(c3ccccc3)c3ccccc32)C(C)C)cc1. The van der Waals surface area contributed by atoms with Crippen LogP contribution in [0.15, 0.2) is 97.1 Å². The van der Waals surface area contributed by atoms with Crippen LogP contribution in [-0.2, 0) is 25.5 Å². The number of nitrogens with zero attached hydrogens (tertiary/aromatic N) is 5. The maximum Gasteiger partial charge on any atom is 0.435 e. The van der Waals surface area contributed by atoms with E-state index in [2.05, 4.69) is 5.10 Å². The zero-order valence-electron chi connectivity index (χ0n) is 29.9. The quantitative estimate of drug-likeness (QED) is 0.156. The van der Waals surface area contributed by atoms with E-state index in [9.17, 15) is 19.2 Å². The van der Waals surface area contributed by atoms with Crippen molar-refractivity contribution >= 4 is 57.5 Å². The third-order valence-electron chi connectivity index (χ3n) is 8.63. The van der Waals surface area contributed by atoms with Crippen molar-refractivity contribution in [3.63, 3.8) is 0 Å². The van der Waals surface area contributed by atoms with Gasteiger partial charge in [-0.3, -0.25) is 19.3 Å². The van der Waals surface area contributed by atoms with Gasteiger partial charge in [-0.2, -0.15) is 9.78 Å². The van der Waals surface area contributed by atoms with Crippen LogP contribution >= 0.6 is 0 Å². The highest BCUT2D eigenvalue weighted by atomic mass is 19.1. The van der Waals surface area contributed by atoms with E-state index in [0.29, 0.717) is 28.5 Å². The Labute approximate surface area is 301 Å². The van der Waals surface area contributed by atoms with E-state index in [0.717, 1.165) is 4.68 Å². The normalized spacial score (nSPS) is 14.7. The van der Waals surface area contributed by atoms with Gasteiger partial charge in [0.05, 0.1) is 35.1 Å². The second-order valence-corrected chi connectivity index (χ2v) is 13.7. The summed E-state index contributed by atoms with van der Waals surface area (Å²) in [6, 6.07) is 26.6. The third-order valence-corrected chi connectivity index (χ3v) is 8.63. The predicted molar refractivity (Wildman–Crippen MR) is 197 cm³/mol. The van der Waals surface area contributed by atoms with Crippen LogP contribution < -0.4 is 19.4 Å². The highest BCUT2D eigenvalue weighted by Crippen LogP contribution is 2.40. The van der Waals surface area contributed by atoms with Gasteiger partial charge in [0.15, 0.2) is 0 Å². The molecular formula is C40H40FN5O6. The molecule has 0 spiro atoms. The van der Waals surface area contributed by atoms with Crippen molar-refractivity contribution in [2.75, 3.05) is 28.4 Å². The summed E-state index contributed by atoms with van der Waals surface area (Å²) >= 11 is 0. The largest absolute Gasteiger partial charge is 0.497 e. The van der Waals surface area contributed by atoms with Crippen LogP contribution in [0.5, 0.6) is 5.75 Å². The highest BCUT2D eigenvalue weighted by Gasteiger charge is 2.43. The molecule has 3 amide bonds. The summed E-state index contributed by atoms with van der Waals surface area (Å²) in [5, 5.41) is 4.42. The monoisotopic (exact) mass is 705 g/mol. The lowest BCUT2D eigenvalue weighted by Crippen LogP contribution is -2.48. The summed E-state index contributed by atoms with van der Waals surface area (Å²) < 4.78 is 27.4. The van der Waals surface area contributed by atoms with Crippen molar-refractivity contribution in [2.24, 2.45) is 5.92 Å². The first-order valence-corrected chi connectivity index (χ1v) is 16.9. The van der Waals surface area contributed by atoms with Crippen LogP contribution in [0.3, 0.4) is 0 Å². The number of carbonyl (C=O) groups excluding carboxylic acids is 4. The molecule has 1 aliphatic rings. The van der Waals surface area contributed by atoms with Gasteiger partial charge in [-0.15, -0.1) is 0 Å². The zero-order valence-corrected chi connectivity index (χ0v) is 29.9. The number of methoxy groups -OCH3 is 1. The van der Waals surface area contributed by atoms with Gasteiger partial charge in [-0.05, 0) is 95.3 Å². The number of aromatic nitrogens is 2. The Morgan fingerprint density at radius 1 is 0.865 bits per heavy atom. The van der Waals surface area contributed by atoms with Gasteiger partial charge in [0.25, 0.3) is 0 Å². The van der Waals surface area contributed by atoms with Gasteiger partial charge in [0, 0.05) is 23.8 Å². The number of ether oxygens (including phenoxy) is 2. The molecule has 0 aliphatic carbocycles. The molecule has 0 fully saturated rings. The second kappa shape index (κ2) is 14.3. The molecule has 1 aromatic heterocycles. The van der Waals surface area contributed by atoms with Crippen LogP contribution in [-0.4, -0.2) is 58.9 Å². The molecule has 5 aromatic rings. The molecule has 2 heterocycles. The number of hydrogen-bond acceptors (Lipinski definition) is 7. The molecule has 268 valence electrons. The number of amides is 3. The van der Waals surface area contributed by atoms with E-state index >= 15 is 4.39 Å². The smallest absolute Gasteiger partial charge is 0.435 e. The molecule has 1 aliphatic heterocycles. The maximum atomic E-state index is 15.6. The lowest BCUT2D eigenvalue weighted by atomic mass is 9.97. The summed E-state index contributed by atoms with van der Waals surface area (Å²) in [7, 11) is 1.55. The zero-order chi connectivity index (χ0) is 37.3. The van der Waals surface area contributed by atoms with Crippen molar-refractivity contribution in [3.05, 3.63) is 109 Å². The first-order chi connectivity index (χ1) is 24.8. The summed E-state index contributed by atoms with van der Waals surface area (Å²) in [6.07, 6.45) is -1.22. The van der Waals surface area contributed by atoms with Crippen LogP contribution in [0.25, 0.3) is 10.9 Å². The van der Waals surface area contributed by atoms with Crippen molar-refractivity contribution in [3.8, 4) is 5.75 Å². The van der Waals surface area contributed by atoms with E-state index < -0.39 is 47.7 Å². The lowest BCUT2D eigenvalue weighted by Gasteiger charge is -2.31. The molecule has 0 saturated heterocycles. The minimum Gasteiger partial charge on any atom is -0.497 e. The average molecular weight is 706 g/mol. The Morgan fingerprint density at radius 3 is 2.15 bits per heavy atom. The molecule has 1 atom stereocenters. The Bertz CT molecular complexity index is 2140. The maximum absolute atomic E-state index is 15.6. The summed E-state index contributed by atoms with van der Waals surface area (Å²) in [5.41, 5.74) is 1.08. The first-order valence-electron chi connectivity index (χ1n) is 16.9. The summed E-state index contributed by atoms with van der Waals surface area (Å²) in [6.45, 7) is 8.41. The Balaban J connectivity index is 1.47. The van der Waals surface area contributed by atoms with Crippen LogP contribution in [0, 0.1) is 11.7 Å². The van der Waals surface area contributed by atoms with Gasteiger partial charge in [0.1, 0.15) is 29.6 Å². The van der Waals surface area contributed by atoms with E-state index in [1.54, 1.807) is 106 Å². The molecule has 0 radical (unpaired) electrons. The summed E-state index contributed by atoms with van der Waals surface area (Å²) in [5.74, 6) is -3.22. The highest BCUT2D eigenvalue weighted by molar-refractivity contribution is 6.21. The van der Waals surface area contributed by atoms with Crippen molar-refractivity contribution in [1.29, 1.82) is 0 Å². The molecule has 12 heteroatoms. The molecule has 52 heavy (non-hydrogen) atoms. The fourth-order valence-corrected chi connectivity index (χ4v) is 6.41. The molecule has 0 bridgehead atoms.